The van der Waals surface area contributed by atoms with Crippen molar-refractivity contribution in [2.45, 2.75) is 25.9 Å². The average Bonchev–Trinajstić information content (AvgIpc) is 2.76. The van der Waals surface area contributed by atoms with Gasteiger partial charge in [0, 0.05) is 29.8 Å². The van der Waals surface area contributed by atoms with Gasteiger partial charge in [0.15, 0.2) is 0 Å². The lowest BCUT2D eigenvalue weighted by Crippen LogP contribution is -2.22. The van der Waals surface area contributed by atoms with Gasteiger partial charge >= 0.3 is 0 Å². The van der Waals surface area contributed by atoms with Crippen molar-refractivity contribution in [2.24, 2.45) is 5.73 Å². The lowest BCUT2D eigenvalue weighted by molar-refractivity contribution is 0.734. The lowest BCUT2D eigenvalue weighted by Gasteiger charge is -2.23. The van der Waals surface area contributed by atoms with Gasteiger partial charge < -0.3 is 10.6 Å². The number of anilines is 1. The summed E-state index contributed by atoms with van der Waals surface area (Å²) in [6.07, 6.45) is 0.889. The van der Waals surface area contributed by atoms with Crippen LogP contribution in [0.5, 0.6) is 0 Å². The van der Waals surface area contributed by atoms with Crippen LogP contribution < -0.4 is 10.6 Å². The minimum Gasteiger partial charge on any atom is -0.370 e. The number of hydrogen-bond donors (Lipinski definition) is 1. The van der Waals surface area contributed by atoms with Gasteiger partial charge in [-0.1, -0.05) is 22.0 Å². The van der Waals surface area contributed by atoms with Gasteiger partial charge in [0.25, 0.3) is 0 Å². The van der Waals surface area contributed by atoms with E-state index in [0.29, 0.717) is 0 Å². The SMILES string of the molecule is CC(N)Cc1ccc(Br)cc1N(C)Cc1csc(Br)c1. The minimum absolute atomic E-state index is 0.165. The Kier molecular flexibility index (Phi) is 5.66. The first-order chi connectivity index (χ1) is 9.45. The van der Waals surface area contributed by atoms with Crippen molar-refractivity contribution in [1.82, 2.24) is 0 Å². The predicted octanol–water partition coefficient (Wildman–Crippen LogP) is 4.80. The normalized spacial score (nSPS) is 12.4. The molecule has 1 atom stereocenters. The van der Waals surface area contributed by atoms with E-state index in [1.54, 1.807) is 11.3 Å². The molecular formula is C15H18Br2N2S. The number of thiophene rings is 1. The largest absolute Gasteiger partial charge is 0.370 e. The molecule has 0 spiro atoms. The molecule has 0 radical (unpaired) electrons. The number of nitrogens with zero attached hydrogens (tertiary/aromatic N) is 1. The van der Waals surface area contributed by atoms with Crippen LogP contribution in [0.3, 0.4) is 0 Å². The van der Waals surface area contributed by atoms with Crippen LogP contribution in [0.25, 0.3) is 0 Å². The van der Waals surface area contributed by atoms with E-state index in [1.165, 1.54) is 20.6 Å². The lowest BCUT2D eigenvalue weighted by atomic mass is 10.0. The van der Waals surface area contributed by atoms with E-state index in [1.807, 2.05) is 6.92 Å². The van der Waals surface area contributed by atoms with E-state index in [-0.39, 0.29) is 6.04 Å². The molecule has 1 heterocycles. The first-order valence-electron chi connectivity index (χ1n) is 6.43. The second-order valence-electron chi connectivity index (χ2n) is 5.07. The quantitative estimate of drug-likeness (QED) is 0.756. The fourth-order valence-electron chi connectivity index (χ4n) is 2.20. The van der Waals surface area contributed by atoms with E-state index < -0.39 is 0 Å². The van der Waals surface area contributed by atoms with Gasteiger partial charge in [-0.05, 0) is 64.0 Å². The zero-order valence-electron chi connectivity index (χ0n) is 11.6. The van der Waals surface area contributed by atoms with Crippen LogP contribution in [-0.4, -0.2) is 13.1 Å². The summed E-state index contributed by atoms with van der Waals surface area (Å²) < 4.78 is 2.27. The van der Waals surface area contributed by atoms with Crippen LogP contribution in [0.4, 0.5) is 5.69 Å². The second-order valence-corrected chi connectivity index (χ2v) is 8.28. The fraction of sp³-hybridized carbons (Fsp3) is 0.333. The van der Waals surface area contributed by atoms with Crippen LogP contribution in [0, 0.1) is 0 Å². The molecule has 0 aliphatic heterocycles. The molecule has 5 heteroatoms. The maximum Gasteiger partial charge on any atom is 0.0701 e. The fourth-order valence-corrected chi connectivity index (χ4v) is 3.75. The Bertz CT molecular complexity index is 581. The minimum atomic E-state index is 0.165. The molecule has 0 bridgehead atoms. The molecule has 2 nitrogen and oxygen atoms in total. The Labute approximate surface area is 141 Å². The van der Waals surface area contributed by atoms with Crippen LogP contribution >= 0.6 is 43.2 Å². The molecule has 0 aliphatic carbocycles. The summed E-state index contributed by atoms with van der Waals surface area (Å²) in [5.41, 5.74) is 9.80. The number of nitrogens with two attached hydrogens (primary N) is 1. The summed E-state index contributed by atoms with van der Waals surface area (Å²) in [5.74, 6) is 0. The molecule has 1 unspecified atom stereocenters. The first-order valence-corrected chi connectivity index (χ1v) is 8.90. The highest BCUT2D eigenvalue weighted by Crippen LogP contribution is 2.28. The van der Waals surface area contributed by atoms with Crippen LogP contribution in [0.15, 0.2) is 37.9 Å². The molecular weight excluding hydrogens is 400 g/mol. The number of halogens is 2. The van der Waals surface area contributed by atoms with E-state index >= 15 is 0 Å². The van der Waals surface area contributed by atoms with Gasteiger partial charge in [-0.3, -0.25) is 0 Å². The maximum absolute atomic E-state index is 5.95. The van der Waals surface area contributed by atoms with E-state index in [4.69, 9.17) is 5.73 Å². The summed E-state index contributed by atoms with van der Waals surface area (Å²) >= 11 is 8.79. The van der Waals surface area contributed by atoms with Gasteiger partial charge in [-0.25, -0.2) is 0 Å². The number of rotatable bonds is 5. The van der Waals surface area contributed by atoms with Gasteiger partial charge in [0.1, 0.15) is 0 Å². The van der Waals surface area contributed by atoms with Crippen molar-refractivity contribution in [3.8, 4) is 0 Å². The monoisotopic (exact) mass is 416 g/mol. The molecule has 1 aromatic heterocycles. The summed E-state index contributed by atoms with van der Waals surface area (Å²) in [6, 6.07) is 8.74. The van der Waals surface area contributed by atoms with E-state index in [2.05, 4.69) is 73.5 Å². The Hall–Kier alpha value is -0.360. The third kappa shape index (κ3) is 4.32. The van der Waals surface area contributed by atoms with Gasteiger partial charge in [0.2, 0.25) is 0 Å². The Morgan fingerprint density at radius 3 is 2.65 bits per heavy atom. The van der Waals surface area contributed by atoms with Crippen LogP contribution in [0.2, 0.25) is 0 Å². The molecule has 0 amide bonds. The van der Waals surface area contributed by atoms with E-state index in [0.717, 1.165) is 17.4 Å². The van der Waals surface area contributed by atoms with Crippen molar-refractivity contribution in [3.63, 3.8) is 0 Å². The highest BCUT2D eigenvalue weighted by Gasteiger charge is 2.11. The zero-order chi connectivity index (χ0) is 14.7. The molecule has 20 heavy (non-hydrogen) atoms. The Balaban J connectivity index is 2.23. The second kappa shape index (κ2) is 7.07. The van der Waals surface area contributed by atoms with Gasteiger partial charge in [0.05, 0.1) is 3.79 Å². The first kappa shape index (κ1) is 16.0. The van der Waals surface area contributed by atoms with Crippen molar-refractivity contribution < 1.29 is 0 Å². The molecule has 108 valence electrons. The van der Waals surface area contributed by atoms with Crippen LogP contribution in [-0.2, 0) is 13.0 Å². The molecule has 0 aliphatic rings. The molecule has 0 fully saturated rings. The Morgan fingerprint density at radius 2 is 2.05 bits per heavy atom. The molecule has 2 rings (SSSR count). The third-order valence-corrected chi connectivity index (χ3v) is 5.09. The average molecular weight is 418 g/mol. The summed E-state index contributed by atoms with van der Waals surface area (Å²) in [5, 5.41) is 2.18. The Morgan fingerprint density at radius 1 is 1.30 bits per heavy atom. The van der Waals surface area contributed by atoms with Crippen LogP contribution in [0.1, 0.15) is 18.1 Å². The summed E-state index contributed by atoms with van der Waals surface area (Å²) in [4.78, 5) is 2.27. The van der Waals surface area contributed by atoms with E-state index in [9.17, 15) is 0 Å². The van der Waals surface area contributed by atoms with Crippen molar-refractivity contribution in [2.75, 3.05) is 11.9 Å². The number of hydrogen-bond acceptors (Lipinski definition) is 3. The van der Waals surface area contributed by atoms with Gasteiger partial charge in [-0.15, -0.1) is 11.3 Å². The molecule has 0 saturated carbocycles. The molecule has 2 aromatic rings. The zero-order valence-corrected chi connectivity index (χ0v) is 15.6. The standard InChI is InChI=1S/C15H18Br2N2S/c1-10(18)5-12-3-4-13(16)7-14(12)19(2)8-11-6-15(17)20-9-11/h3-4,6-7,9-10H,5,8,18H2,1-2H3. The van der Waals surface area contributed by atoms with Crippen molar-refractivity contribution in [3.05, 3.63) is 49.0 Å². The summed E-state index contributed by atoms with van der Waals surface area (Å²) in [7, 11) is 2.12. The van der Waals surface area contributed by atoms with Gasteiger partial charge in [-0.2, -0.15) is 0 Å². The predicted molar refractivity (Wildman–Crippen MR) is 95.6 cm³/mol. The molecule has 0 saturated heterocycles. The third-order valence-electron chi connectivity index (χ3n) is 3.04. The van der Waals surface area contributed by atoms with Crippen molar-refractivity contribution in [1.29, 1.82) is 0 Å². The van der Waals surface area contributed by atoms with Crippen molar-refractivity contribution >= 4 is 48.9 Å². The maximum atomic E-state index is 5.95. The molecule has 2 N–H and O–H groups in total. The smallest absolute Gasteiger partial charge is 0.0701 e. The molecule has 1 aromatic carbocycles. The highest BCUT2D eigenvalue weighted by atomic mass is 79.9. The topological polar surface area (TPSA) is 29.3 Å². The highest BCUT2D eigenvalue weighted by molar-refractivity contribution is 9.11. The summed E-state index contributed by atoms with van der Waals surface area (Å²) in [6.45, 7) is 2.94. The number of benzene rings is 1.